The van der Waals surface area contributed by atoms with E-state index in [4.69, 9.17) is 5.73 Å². The monoisotopic (exact) mass is 158 g/mol. The average molecular weight is 158 g/mol. The number of carbonyl (C=O) groups excluding carboxylic acids is 3. The van der Waals surface area contributed by atoms with Gasteiger partial charge in [-0.25, -0.2) is 4.90 Å². The Balaban J connectivity index is 4.47. The summed E-state index contributed by atoms with van der Waals surface area (Å²) in [6.07, 6.45) is 0. The number of amides is 3. The molecular formula is C6H10N2O3. The molecule has 0 aliphatic carbocycles. The third-order valence-corrected chi connectivity index (χ3v) is 1.05. The normalized spacial score (nSPS) is 9.00. The third kappa shape index (κ3) is 2.46. The van der Waals surface area contributed by atoms with Crippen molar-refractivity contribution in [3.8, 4) is 0 Å². The Bertz CT molecular complexity index is 186. The van der Waals surface area contributed by atoms with E-state index in [-0.39, 0.29) is 6.54 Å². The van der Waals surface area contributed by atoms with Crippen molar-refractivity contribution in [2.45, 2.75) is 13.8 Å². The Morgan fingerprint density at radius 3 is 1.64 bits per heavy atom. The first-order valence-corrected chi connectivity index (χ1v) is 3.04. The quantitative estimate of drug-likeness (QED) is 0.523. The van der Waals surface area contributed by atoms with Crippen LogP contribution in [0.15, 0.2) is 0 Å². The van der Waals surface area contributed by atoms with Gasteiger partial charge in [-0.1, -0.05) is 0 Å². The number of nitrogens with two attached hydrogens (primary N) is 1. The fourth-order valence-corrected chi connectivity index (χ4v) is 0.664. The highest BCUT2D eigenvalue weighted by molar-refractivity contribution is 6.09. The van der Waals surface area contributed by atoms with Crippen LogP contribution in [0.2, 0.25) is 0 Å². The first-order chi connectivity index (χ1) is 5.00. The molecule has 0 aromatic heterocycles. The van der Waals surface area contributed by atoms with Gasteiger partial charge >= 0.3 is 0 Å². The van der Waals surface area contributed by atoms with E-state index in [2.05, 4.69) is 0 Å². The molecule has 5 heteroatoms. The molecule has 0 aromatic carbocycles. The van der Waals surface area contributed by atoms with Crippen molar-refractivity contribution in [3.05, 3.63) is 0 Å². The second-order valence-electron chi connectivity index (χ2n) is 1.97. The number of nitrogens with zero attached hydrogens (tertiary/aromatic N) is 1. The fourth-order valence-electron chi connectivity index (χ4n) is 0.664. The zero-order valence-corrected chi connectivity index (χ0v) is 6.46. The van der Waals surface area contributed by atoms with E-state index in [9.17, 15) is 14.4 Å². The van der Waals surface area contributed by atoms with Crippen LogP contribution in [0, 0.1) is 0 Å². The molecule has 11 heavy (non-hydrogen) atoms. The van der Waals surface area contributed by atoms with E-state index in [1.165, 1.54) is 0 Å². The summed E-state index contributed by atoms with van der Waals surface area (Å²) in [4.78, 5) is 32.5. The van der Waals surface area contributed by atoms with Gasteiger partial charge in [0.15, 0.2) is 0 Å². The molecule has 0 fully saturated rings. The Morgan fingerprint density at radius 2 is 1.55 bits per heavy atom. The van der Waals surface area contributed by atoms with Gasteiger partial charge in [0.2, 0.25) is 17.7 Å². The standard InChI is InChI=1S/C6H10N2O3/c1-4(9)8(5(2)10)6(11)3-7/h3,7H2,1-2H3. The van der Waals surface area contributed by atoms with Crippen molar-refractivity contribution < 1.29 is 14.4 Å². The second kappa shape index (κ2) is 3.82. The van der Waals surface area contributed by atoms with Crippen LogP contribution in [-0.4, -0.2) is 29.2 Å². The highest BCUT2D eigenvalue weighted by atomic mass is 16.2. The third-order valence-electron chi connectivity index (χ3n) is 1.05. The lowest BCUT2D eigenvalue weighted by molar-refractivity contribution is -0.151. The molecule has 0 aliphatic rings. The van der Waals surface area contributed by atoms with E-state index in [1.54, 1.807) is 0 Å². The van der Waals surface area contributed by atoms with Gasteiger partial charge in [0.05, 0.1) is 6.54 Å². The van der Waals surface area contributed by atoms with Gasteiger partial charge in [-0.3, -0.25) is 14.4 Å². The average Bonchev–Trinajstić information content (AvgIpc) is 1.85. The summed E-state index contributed by atoms with van der Waals surface area (Å²) >= 11 is 0. The Hall–Kier alpha value is -1.23. The molecular weight excluding hydrogens is 148 g/mol. The zero-order valence-electron chi connectivity index (χ0n) is 6.46. The molecule has 62 valence electrons. The maximum Gasteiger partial charge on any atom is 0.249 e. The van der Waals surface area contributed by atoms with Gasteiger partial charge in [-0.05, 0) is 0 Å². The minimum Gasteiger partial charge on any atom is -0.322 e. The summed E-state index contributed by atoms with van der Waals surface area (Å²) in [6.45, 7) is 1.93. The molecule has 0 saturated carbocycles. The van der Waals surface area contributed by atoms with Gasteiger partial charge < -0.3 is 5.73 Å². The molecule has 0 unspecified atom stereocenters. The lowest BCUT2D eigenvalue weighted by Gasteiger charge is -2.12. The van der Waals surface area contributed by atoms with E-state index in [0.717, 1.165) is 13.8 Å². The maximum absolute atomic E-state index is 10.8. The van der Waals surface area contributed by atoms with E-state index >= 15 is 0 Å². The maximum atomic E-state index is 10.8. The van der Waals surface area contributed by atoms with E-state index in [0.29, 0.717) is 4.90 Å². The first kappa shape index (κ1) is 9.77. The summed E-state index contributed by atoms with van der Waals surface area (Å²) in [5.41, 5.74) is 4.95. The van der Waals surface area contributed by atoms with Crippen LogP contribution in [0.3, 0.4) is 0 Å². The van der Waals surface area contributed by atoms with Gasteiger partial charge in [0, 0.05) is 13.8 Å². The Morgan fingerprint density at radius 1 is 1.18 bits per heavy atom. The van der Waals surface area contributed by atoms with Crippen molar-refractivity contribution in [2.75, 3.05) is 6.54 Å². The molecule has 0 atom stereocenters. The van der Waals surface area contributed by atoms with Crippen LogP contribution < -0.4 is 5.73 Å². The molecule has 0 saturated heterocycles. The molecule has 0 radical (unpaired) electrons. The molecule has 0 bridgehead atoms. The predicted molar refractivity (Wildman–Crippen MR) is 37.3 cm³/mol. The van der Waals surface area contributed by atoms with Crippen LogP contribution in [0.5, 0.6) is 0 Å². The Kier molecular flexibility index (Phi) is 3.39. The molecule has 0 aliphatic heterocycles. The van der Waals surface area contributed by atoms with Crippen molar-refractivity contribution >= 4 is 17.7 Å². The molecule has 0 heterocycles. The number of rotatable bonds is 1. The number of hydrogen-bond donors (Lipinski definition) is 1. The summed E-state index contributed by atoms with van der Waals surface area (Å²) in [5.74, 6) is -1.88. The van der Waals surface area contributed by atoms with Crippen LogP contribution in [0.1, 0.15) is 13.8 Å². The molecule has 2 N–H and O–H groups in total. The van der Waals surface area contributed by atoms with Gasteiger partial charge in [-0.2, -0.15) is 0 Å². The van der Waals surface area contributed by atoms with Crippen LogP contribution in [-0.2, 0) is 14.4 Å². The highest BCUT2D eigenvalue weighted by Gasteiger charge is 2.20. The summed E-state index contributed by atoms with van der Waals surface area (Å²) < 4.78 is 0. The minimum atomic E-state index is -0.676. The number of carbonyl (C=O) groups is 3. The first-order valence-electron chi connectivity index (χ1n) is 3.04. The summed E-state index contributed by atoms with van der Waals surface area (Å²) in [7, 11) is 0. The van der Waals surface area contributed by atoms with Crippen LogP contribution in [0.4, 0.5) is 0 Å². The number of hydrogen-bond acceptors (Lipinski definition) is 4. The minimum absolute atomic E-state index is 0.334. The molecule has 3 amide bonds. The van der Waals surface area contributed by atoms with E-state index in [1.807, 2.05) is 0 Å². The zero-order chi connectivity index (χ0) is 9.02. The predicted octanol–water partition coefficient (Wildman–Crippen LogP) is -1.13. The topological polar surface area (TPSA) is 80.5 Å². The van der Waals surface area contributed by atoms with Gasteiger partial charge in [-0.15, -0.1) is 0 Å². The van der Waals surface area contributed by atoms with E-state index < -0.39 is 17.7 Å². The van der Waals surface area contributed by atoms with Crippen molar-refractivity contribution in [2.24, 2.45) is 5.73 Å². The second-order valence-corrected chi connectivity index (χ2v) is 1.97. The molecule has 0 aromatic rings. The Labute approximate surface area is 64.1 Å². The van der Waals surface area contributed by atoms with Gasteiger partial charge in [0.1, 0.15) is 0 Å². The summed E-state index contributed by atoms with van der Waals surface area (Å²) in [5, 5.41) is 0. The highest BCUT2D eigenvalue weighted by Crippen LogP contribution is 1.90. The largest absolute Gasteiger partial charge is 0.322 e. The van der Waals surface area contributed by atoms with Crippen LogP contribution in [0.25, 0.3) is 0 Å². The van der Waals surface area contributed by atoms with Crippen molar-refractivity contribution in [1.29, 1.82) is 0 Å². The van der Waals surface area contributed by atoms with Gasteiger partial charge in [0.25, 0.3) is 0 Å². The smallest absolute Gasteiger partial charge is 0.249 e. The molecule has 0 spiro atoms. The van der Waals surface area contributed by atoms with Crippen molar-refractivity contribution in [1.82, 2.24) is 4.90 Å². The van der Waals surface area contributed by atoms with Crippen molar-refractivity contribution in [3.63, 3.8) is 0 Å². The summed E-state index contributed by atoms with van der Waals surface area (Å²) in [6, 6.07) is 0. The SMILES string of the molecule is CC(=O)N(C(C)=O)C(=O)CN. The van der Waals surface area contributed by atoms with Crippen LogP contribution >= 0.6 is 0 Å². The number of imide groups is 3. The molecule has 0 rings (SSSR count). The lowest BCUT2D eigenvalue weighted by atomic mass is 10.4. The fraction of sp³-hybridized carbons (Fsp3) is 0.500. The lowest BCUT2D eigenvalue weighted by Crippen LogP contribution is -2.42. The molecule has 5 nitrogen and oxygen atoms in total.